The van der Waals surface area contributed by atoms with E-state index < -0.39 is 45.8 Å². The molecule has 208 valence electrons. The van der Waals surface area contributed by atoms with Gasteiger partial charge in [0.15, 0.2) is 0 Å². The van der Waals surface area contributed by atoms with E-state index in [1.54, 1.807) is 43.3 Å². The normalized spacial score (nSPS) is 12.5. The molecule has 0 fully saturated rings. The van der Waals surface area contributed by atoms with Crippen molar-refractivity contribution in [3.63, 3.8) is 0 Å². The van der Waals surface area contributed by atoms with Gasteiger partial charge in [0.25, 0.3) is 10.0 Å². The zero-order valence-corrected chi connectivity index (χ0v) is 24.2. The van der Waals surface area contributed by atoms with Gasteiger partial charge in [-0.1, -0.05) is 41.4 Å². The van der Waals surface area contributed by atoms with Crippen molar-refractivity contribution in [3.05, 3.63) is 94.8 Å². The summed E-state index contributed by atoms with van der Waals surface area (Å²) < 4.78 is 42.1. The number of amides is 2. The minimum atomic E-state index is -4.22. The number of hydrogen-bond acceptors (Lipinski definition) is 4. The zero-order chi connectivity index (χ0) is 29.0. The van der Waals surface area contributed by atoms with Crippen LogP contribution >= 0.6 is 11.6 Å². The van der Waals surface area contributed by atoms with E-state index >= 15 is 0 Å². The van der Waals surface area contributed by atoms with Crippen LogP contribution in [0.25, 0.3) is 0 Å². The highest BCUT2D eigenvalue weighted by molar-refractivity contribution is 7.92. The summed E-state index contributed by atoms with van der Waals surface area (Å²) in [7, 11) is -4.22. The van der Waals surface area contributed by atoms with Crippen LogP contribution in [0, 0.1) is 12.7 Å². The number of aryl methyl sites for hydroxylation is 1. The number of anilines is 1. The van der Waals surface area contributed by atoms with Gasteiger partial charge in [0.2, 0.25) is 11.8 Å². The molecule has 3 rings (SSSR count). The van der Waals surface area contributed by atoms with Crippen molar-refractivity contribution >= 4 is 39.1 Å². The second-order valence-corrected chi connectivity index (χ2v) is 12.7. The molecule has 0 unspecified atom stereocenters. The lowest BCUT2D eigenvalue weighted by Gasteiger charge is -2.33. The number of nitrogens with zero attached hydrogens (tertiary/aromatic N) is 2. The standard InChI is InChI=1S/C29H33ClFN3O4S/c1-20-9-15-26(16-10-20)39(37,38)34(25-13-11-24(31)12-14-25)19-27(35)33(18-22-7-6-8-23(30)17-22)21(2)28(36)32-29(3,4)5/h6-17,21H,18-19H2,1-5H3,(H,32,36)/t21-/m1/s1. The minimum absolute atomic E-state index is 0.0138. The number of benzene rings is 3. The van der Waals surface area contributed by atoms with Crippen molar-refractivity contribution < 1.29 is 22.4 Å². The Morgan fingerprint density at radius 3 is 2.18 bits per heavy atom. The van der Waals surface area contributed by atoms with Gasteiger partial charge in [-0.2, -0.15) is 0 Å². The van der Waals surface area contributed by atoms with Crippen LogP contribution in [0.2, 0.25) is 5.02 Å². The van der Waals surface area contributed by atoms with E-state index in [2.05, 4.69) is 5.32 Å². The first-order chi connectivity index (χ1) is 18.2. The SMILES string of the molecule is Cc1ccc(S(=O)(=O)N(CC(=O)N(Cc2cccc(Cl)c2)[C@H](C)C(=O)NC(C)(C)C)c2ccc(F)cc2)cc1. The third kappa shape index (κ3) is 8.03. The molecule has 0 aliphatic carbocycles. The third-order valence-electron chi connectivity index (χ3n) is 5.91. The van der Waals surface area contributed by atoms with Crippen molar-refractivity contribution in [3.8, 4) is 0 Å². The predicted molar refractivity (Wildman–Crippen MR) is 151 cm³/mol. The Morgan fingerprint density at radius 1 is 1.00 bits per heavy atom. The molecule has 2 amide bonds. The lowest BCUT2D eigenvalue weighted by molar-refractivity contribution is -0.140. The lowest BCUT2D eigenvalue weighted by Crippen LogP contribution is -2.54. The topological polar surface area (TPSA) is 86.8 Å². The Balaban J connectivity index is 2.03. The second kappa shape index (κ2) is 12.2. The number of nitrogens with one attached hydrogen (secondary N) is 1. The number of sulfonamides is 1. The van der Waals surface area contributed by atoms with E-state index in [1.165, 1.54) is 29.2 Å². The number of carbonyl (C=O) groups is 2. The first-order valence-electron chi connectivity index (χ1n) is 12.4. The first kappa shape index (κ1) is 30.1. The molecule has 3 aromatic carbocycles. The van der Waals surface area contributed by atoms with Gasteiger partial charge < -0.3 is 10.2 Å². The Bertz CT molecular complexity index is 1420. The molecule has 0 heterocycles. The molecular formula is C29H33ClFN3O4S. The van der Waals surface area contributed by atoms with Crippen molar-refractivity contribution in [1.82, 2.24) is 10.2 Å². The van der Waals surface area contributed by atoms with E-state index in [1.807, 2.05) is 27.7 Å². The molecule has 10 heteroatoms. The molecule has 0 aliphatic heterocycles. The van der Waals surface area contributed by atoms with E-state index in [4.69, 9.17) is 11.6 Å². The molecule has 0 saturated carbocycles. The average Bonchev–Trinajstić information content (AvgIpc) is 2.85. The van der Waals surface area contributed by atoms with Crippen LogP contribution in [-0.2, 0) is 26.2 Å². The van der Waals surface area contributed by atoms with Crippen LogP contribution in [0.5, 0.6) is 0 Å². The molecular weight excluding hydrogens is 541 g/mol. The summed E-state index contributed by atoms with van der Waals surface area (Å²) in [6.45, 7) is 8.28. The van der Waals surface area contributed by atoms with Crippen LogP contribution in [-0.4, -0.2) is 43.3 Å². The maximum atomic E-state index is 13.9. The Morgan fingerprint density at radius 2 is 1.62 bits per heavy atom. The Labute approximate surface area is 234 Å². The van der Waals surface area contributed by atoms with Gasteiger partial charge >= 0.3 is 0 Å². The minimum Gasteiger partial charge on any atom is -0.350 e. The average molecular weight is 574 g/mol. The molecule has 39 heavy (non-hydrogen) atoms. The summed E-state index contributed by atoms with van der Waals surface area (Å²) in [4.78, 5) is 28.3. The van der Waals surface area contributed by atoms with E-state index in [0.29, 0.717) is 10.6 Å². The molecule has 1 N–H and O–H groups in total. The van der Waals surface area contributed by atoms with Gasteiger partial charge in [-0.15, -0.1) is 0 Å². The zero-order valence-electron chi connectivity index (χ0n) is 22.6. The number of hydrogen-bond donors (Lipinski definition) is 1. The monoisotopic (exact) mass is 573 g/mol. The van der Waals surface area contributed by atoms with Crippen molar-refractivity contribution in [1.29, 1.82) is 0 Å². The van der Waals surface area contributed by atoms with Crippen molar-refractivity contribution in [2.75, 3.05) is 10.8 Å². The summed E-state index contributed by atoms with van der Waals surface area (Å²) in [5.74, 6) is -1.56. The predicted octanol–water partition coefficient (Wildman–Crippen LogP) is 5.31. The summed E-state index contributed by atoms with van der Waals surface area (Å²) in [5, 5.41) is 3.33. The fourth-order valence-corrected chi connectivity index (χ4v) is 5.49. The molecule has 3 aromatic rings. The fraction of sp³-hybridized carbons (Fsp3) is 0.310. The molecule has 0 radical (unpaired) electrons. The molecule has 0 aromatic heterocycles. The van der Waals surface area contributed by atoms with Crippen LogP contribution in [0.15, 0.2) is 77.7 Å². The molecule has 7 nitrogen and oxygen atoms in total. The van der Waals surface area contributed by atoms with Gasteiger partial charge in [0, 0.05) is 17.1 Å². The first-order valence-corrected chi connectivity index (χ1v) is 14.2. The second-order valence-electron chi connectivity index (χ2n) is 10.4. The number of carbonyl (C=O) groups excluding carboxylic acids is 2. The van der Waals surface area contributed by atoms with Gasteiger partial charge in [-0.25, -0.2) is 12.8 Å². The lowest BCUT2D eigenvalue weighted by atomic mass is 10.1. The van der Waals surface area contributed by atoms with Crippen molar-refractivity contribution in [2.45, 2.75) is 57.6 Å². The maximum absolute atomic E-state index is 13.9. The third-order valence-corrected chi connectivity index (χ3v) is 7.93. The summed E-state index contributed by atoms with van der Waals surface area (Å²) in [6, 6.07) is 17.0. The summed E-state index contributed by atoms with van der Waals surface area (Å²) >= 11 is 6.15. The van der Waals surface area contributed by atoms with E-state index in [-0.39, 0.29) is 17.1 Å². The Hall–Kier alpha value is -3.43. The summed E-state index contributed by atoms with van der Waals surface area (Å²) in [6.07, 6.45) is 0. The number of rotatable bonds is 9. The summed E-state index contributed by atoms with van der Waals surface area (Å²) in [5.41, 5.74) is 1.09. The fourth-order valence-electron chi connectivity index (χ4n) is 3.86. The molecule has 1 atom stereocenters. The maximum Gasteiger partial charge on any atom is 0.264 e. The largest absolute Gasteiger partial charge is 0.350 e. The van der Waals surface area contributed by atoms with Gasteiger partial charge in [-0.3, -0.25) is 13.9 Å². The van der Waals surface area contributed by atoms with Crippen LogP contribution < -0.4 is 9.62 Å². The Kier molecular flexibility index (Phi) is 9.40. The van der Waals surface area contributed by atoms with Gasteiger partial charge in [0.1, 0.15) is 18.4 Å². The van der Waals surface area contributed by atoms with Gasteiger partial charge in [0.05, 0.1) is 10.6 Å². The highest BCUT2D eigenvalue weighted by Crippen LogP contribution is 2.25. The van der Waals surface area contributed by atoms with Crippen LogP contribution in [0.4, 0.5) is 10.1 Å². The molecule has 0 saturated heterocycles. The van der Waals surface area contributed by atoms with E-state index in [9.17, 15) is 22.4 Å². The highest BCUT2D eigenvalue weighted by Gasteiger charge is 2.33. The van der Waals surface area contributed by atoms with Crippen LogP contribution in [0.3, 0.4) is 0 Å². The number of halogens is 2. The van der Waals surface area contributed by atoms with E-state index in [0.717, 1.165) is 22.0 Å². The van der Waals surface area contributed by atoms with Crippen LogP contribution in [0.1, 0.15) is 38.8 Å². The smallest absolute Gasteiger partial charge is 0.264 e. The molecule has 0 aliphatic rings. The van der Waals surface area contributed by atoms with Gasteiger partial charge in [-0.05, 0) is 88.7 Å². The highest BCUT2D eigenvalue weighted by atomic mass is 35.5. The quantitative estimate of drug-likeness (QED) is 0.376. The van der Waals surface area contributed by atoms with Crippen molar-refractivity contribution in [2.24, 2.45) is 0 Å². The molecule has 0 spiro atoms. The molecule has 0 bridgehead atoms.